The molecule has 0 radical (unpaired) electrons. The molecule has 1 N–H and O–H groups in total. The van der Waals surface area contributed by atoms with Gasteiger partial charge in [-0.1, -0.05) is 37.1 Å². The van der Waals surface area contributed by atoms with E-state index in [0.717, 1.165) is 12.1 Å². The van der Waals surface area contributed by atoms with Gasteiger partial charge in [0.25, 0.3) is 5.91 Å². The summed E-state index contributed by atoms with van der Waals surface area (Å²) in [5.74, 6) is 0.179. The van der Waals surface area contributed by atoms with Crippen LogP contribution >= 0.6 is 11.6 Å². The standard InChI is InChI=1S/C16H21ClN2O/c1-11(2)14-9-13(10-15(17)19-14)16(20)18-8-7-12-5-3-4-6-12/h5,9-11H,3-4,6-8H2,1-2H3,(H,18,20). The molecule has 20 heavy (non-hydrogen) atoms. The first-order chi connectivity index (χ1) is 9.56. The van der Waals surface area contributed by atoms with Gasteiger partial charge >= 0.3 is 0 Å². The number of rotatable bonds is 5. The quantitative estimate of drug-likeness (QED) is 0.656. The van der Waals surface area contributed by atoms with Crippen LogP contribution in [0.5, 0.6) is 0 Å². The van der Waals surface area contributed by atoms with Crippen molar-refractivity contribution in [3.8, 4) is 0 Å². The molecule has 1 heterocycles. The zero-order valence-electron chi connectivity index (χ0n) is 12.1. The summed E-state index contributed by atoms with van der Waals surface area (Å²) in [6.07, 6.45) is 6.84. The highest BCUT2D eigenvalue weighted by atomic mass is 35.5. The number of carbonyl (C=O) groups excluding carboxylic acids is 1. The number of halogens is 1. The smallest absolute Gasteiger partial charge is 0.251 e. The third-order valence-corrected chi connectivity index (χ3v) is 3.73. The normalized spacial score (nSPS) is 14.5. The van der Waals surface area contributed by atoms with Crippen molar-refractivity contribution in [2.24, 2.45) is 0 Å². The van der Waals surface area contributed by atoms with Gasteiger partial charge in [0.05, 0.1) is 0 Å². The summed E-state index contributed by atoms with van der Waals surface area (Å²) < 4.78 is 0. The number of nitrogens with zero attached hydrogens (tertiary/aromatic N) is 1. The number of hydrogen-bond donors (Lipinski definition) is 1. The minimum Gasteiger partial charge on any atom is -0.352 e. The Morgan fingerprint density at radius 1 is 1.45 bits per heavy atom. The number of hydrogen-bond acceptors (Lipinski definition) is 2. The van der Waals surface area contributed by atoms with E-state index in [1.807, 2.05) is 19.9 Å². The van der Waals surface area contributed by atoms with Gasteiger partial charge in [0.15, 0.2) is 0 Å². The second kappa shape index (κ2) is 6.89. The molecule has 1 amide bonds. The summed E-state index contributed by atoms with van der Waals surface area (Å²) in [4.78, 5) is 16.4. The van der Waals surface area contributed by atoms with Crippen molar-refractivity contribution in [3.05, 3.63) is 40.2 Å². The Balaban J connectivity index is 1.94. The average molecular weight is 293 g/mol. The van der Waals surface area contributed by atoms with Crippen LogP contribution in [0.1, 0.15) is 61.5 Å². The molecule has 1 aliphatic carbocycles. The average Bonchev–Trinajstić information content (AvgIpc) is 2.91. The van der Waals surface area contributed by atoms with Crippen LogP contribution in [-0.2, 0) is 0 Å². The molecule has 0 saturated heterocycles. The lowest BCUT2D eigenvalue weighted by atomic mass is 10.1. The van der Waals surface area contributed by atoms with Crippen LogP contribution in [0.2, 0.25) is 5.15 Å². The maximum absolute atomic E-state index is 12.1. The van der Waals surface area contributed by atoms with Crippen LogP contribution in [0.4, 0.5) is 0 Å². The van der Waals surface area contributed by atoms with E-state index in [9.17, 15) is 4.79 Å². The molecule has 0 saturated carbocycles. The van der Waals surface area contributed by atoms with Crippen molar-refractivity contribution in [1.82, 2.24) is 10.3 Å². The van der Waals surface area contributed by atoms with Gasteiger partial charge in [0.1, 0.15) is 5.15 Å². The van der Waals surface area contributed by atoms with E-state index in [1.165, 1.54) is 24.8 Å². The molecule has 4 heteroatoms. The predicted octanol–water partition coefficient (Wildman–Crippen LogP) is 4.09. The summed E-state index contributed by atoms with van der Waals surface area (Å²) in [5.41, 5.74) is 2.90. The monoisotopic (exact) mass is 292 g/mol. The zero-order valence-corrected chi connectivity index (χ0v) is 12.8. The molecular weight excluding hydrogens is 272 g/mol. The van der Waals surface area contributed by atoms with Gasteiger partial charge in [-0.05, 0) is 43.7 Å². The Bertz CT molecular complexity index is 523. The second-order valence-electron chi connectivity index (χ2n) is 5.52. The summed E-state index contributed by atoms with van der Waals surface area (Å²) in [6.45, 7) is 4.75. The van der Waals surface area contributed by atoms with Gasteiger partial charge < -0.3 is 5.32 Å². The molecule has 0 fully saturated rings. The molecule has 0 aromatic carbocycles. The molecule has 0 atom stereocenters. The van der Waals surface area contributed by atoms with Gasteiger partial charge in [-0.2, -0.15) is 0 Å². The number of aromatic nitrogens is 1. The molecule has 0 bridgehead atoms. The summed E-state index contributed by atoms with van der Waals surface area (Å²) in [5, 5.41) is 3.33. The topological polar surface area (TPSA) is 42.0 Å². The summed E-state index contributed by atoms with van der Waals surface area (Å²) in [6, 6.07) is 3.44. The molecule has 1 aromatic rings. The molecule has 0 spiro atoms. The largest absolute Gasteiger partial charge is 0.352 e. The lowest BCUT2D eigenvalue weighted by Crippen LogP contribution is -2.25. The highest BCUT2D eigenvalue weighted by molar-refractivity contribution is 6.29. The molecule has 0 aliphatic heterocycles. The fourth-order valence-electron chi connectivity index (χ4n) is 2.35. The lowest BCUT2D eigenvalue weighted by Gasteiger charge is -2.09. The minimum atomic E-state index is -0.0743. The SMILES string of the molecule is CC(C)c1cc(C(=O)NCCC2=CCCC2)cc(Cl)n1. The molecule has 1 aliphatic rings. The summed E-state index contributed by atoms with van der Waals surface area (Å²) in [7, 11) is 0. The van der Waals surface area contributed by atoms with Crippen molar-refractivity contribution < 1.29 is 4.79 Å². The van der Waals surface area contributed by atoms with E-state index < -0.39 is 0 Å². The fourth-order valence-corrected chi connectivity index (χ4v) is 2.56. The van der Waals surface area contributed by atoms with Crippen LogP contribution < -0.4 is 5.32 Å². The van der Waals surface area contributed by atoms with E-state index in [0.29, 0.717) is 17.3 Å². The Kier molecular flexibility index (Phi) is 5.18. The van der Waals surface area contributed by atoms with Crippen molar-refractivity contribution in [3.63, 3.8) is 0 Å². The Hall–Kier alpha value is -1.35. The van der Waals surface area contributed by atoms with Gasteiger partial charge in [0.2, 0.25) is 0 Å². The first-order valence-corrected chi connectivity index (χ1v) is 7.57. The number of carbonyl (C=O) groups is 1. The molecule has 108 valence electrons. The van der Waals surface area contributed by atoms with Crippen molar-refractivity contribution in [2.75, 3.05) is 6.54 Å². The van der Waals surface area contributed by atoms with E-state index >= 15 is 0 Å². The van der Waals surface area contributed by atoms with E-state index in [4.69, 9.17) is 11.6 Å². The van der Waals surface area contributed by atoms with Crippen molar-refractivity contribution in [2.45, 2.75) is 45.4 Å². The van der Waals surface area contributed by atoms with Crippen molar-refractivity contribution >= 4 is 17.5 Å². The zero-order chi connectivity index (χ0) is 14.5. The number of amides is 1. The Morgan fingerprint density at radius 2 is 2.25 bits per heavy atom. The molecule has 2 rings (SSSR count). The number of nitrogens with one attached hydrogen (secondary N) is 1. The van der Waals surface area contributed by atoms with Crippen LogP contribution in [0.15, 0.2) is 23.8 Å². The van der Waals surface area contributed by atoms with Gasteiger partial charge in [-0.15, -0.1) is 0 Å². The van der Waals surface area contributed by atoms with Crippen LogP contribution in [0.25, 0.3) is 0 Å². The first-order valence-electron chi connectivity index (χ1n) is 7.20. The van der Waals surface area contributed by atoms with E-state index in [2.05, 4.69) is 16.4 Å². The highest BCUT2D eigenvalue weighted by Gasteiger charge is 2.11. The predicted molar refractivity (Wildman–Crippen MR) is 82.2 cm³/mol. The molecule has 3 nitrogen and oxygen atoms in total. The Labute approximate surface area is 125 Å². The molecule has 1 aromatic heterocycles. The van der Waals surface area contributed by atoms with Gasteiger partial charge in [0, 0.05) is 17.8 Å². The minimum absolute atomic E-state index is 0.0743. The first kappa shape index (κ1) is 15.0. The second-order valence-corrected chi connectivity index (χ2v) is 5.91. The summed E-state index contributed by atoms with van der Waals surface area (Å²) >= 11 is 5.98. The maximum atomic E-state index is 12.1. The molecular formula is C16H21ClN2O. The number of pyridine rings is 1. The third kappa shape index (κ3) is 4.07. The fraction of sp³-hybridized carbons (Fsp3) is 0.500. The Morgan fingerprint density at radius 3 is 2.90 bits per heavy atom. The highest BCUT2D eigenvalue weighted by Crippen LogP contribution is 2.20. The van der Waals surface area contributed by atoms with Crippen LogP contribution in [-0.4, -0.2) is 17.4 Å². The van der Waals surface area contributed by atoms with E-state index in [1.54, 1.807) is 6.07 Å². The van der Waals surface area contributed by atoms with Crippen LogP contribution in [0.3, 0.4) is 0 Å². The van der Waals surface area contributed by atoms with Gasteiger partial charge in [-0.25, -0.2) is 4.98 Å². The third-order valence-electron chi connectivity index (χ3n) is 3.53. The van der Waals surface area contributed by atoms with E-state index in [-0.39, 0.29) is 11.8 Å². The van der Waals surface area contributed by atoms with Crippen LogP contribution in [0, 0.1) is 0 Å². The maximum Gasteiger partial charge on any atom is 0.251 e. The van der Waals surface area contributed by atoms with Crippen molar-refractivity contribution in [1.29, 1.82) is 0 Å². The van der Waals surface area contributed by atoms with Gasteiger partial charge in [-0.3, -0.25) is 4.79 Å². The number of allylic oxidation sites excluding steroid dienone is 1. The lowest BCUT2D eigenvalue weighted by molar-refractivity contribution is 0.0954. The molecule has 0 unspecified atom stereocenters.